The summed E-state index contributed by atoms with van der Waals surface area (Å²) in [5.74, 6) is 1.04. The van der Waals surface area contributed by atoms with E-state index < -0.39 is 0 Å². The van der Waals surface area contributed by atoms with E-state index in [1.165, 1.54) is 5.56 Å². The Morgan fingerprint density at radius 3 is 2.76 bits per heavy atom. The first-order valence-corrected chi connectivity index (χ1v) is 9.24. The van der Waals surface area contributed by atoms with Gasteiger partial charge in [0, 0.05) is 39.3 Å². The van der Waals surface area contributed by atoms with Gasteiger partial charge in [0.15, 0.2) is 5.96 Å². The van der Waals surface area contributed by atoms with Crippen LogP contribution >= 0.6 is 24.0 Å². The third-order valence-corrected chi connectivity index (χ3v) is 4.76. The molecule has 0 saturated carbocycles. The number of aliphatic imine (C=N–C) groups is 1. The predicted molar refractivity (Wildman–Crippen MR) is 114 cm³/mol. The molecule has 1 aromatic rings. The molecule has 3 rings (SSSR count). The van der Waals surface area contributed by atoms with Crippen LogP contribution in [0.5, 0.6) is 0 Å². The van der Waals surface area contributed by atoms with Crippen molar-refractivity contribution < 1.29 is 4.74 Å². The monoisotopic (exact) mass is 458 g/mol. The van der Waals surface area contributed by atoms with Crippen LogP contribution in [-0.2, 0) is 11.3 Å². The summed E-state index contributed by atoms with van der Waals surface area (Å²) in [7, 11) is 0. The highest BCUT2D eigenvalue weighted by Crippen LogP contribution is 2.24. The quantitative estimate of drug-likeness (QED) is 0.419. The molecular formula is C19H31IN4O. The lowest BCUT2D eigenvalue weighted by Gasteiger charge is -2.36. The van der Waals surface area contributed by atoms with Crippen molar-refractivity contribution >= 4 is 29.9 Å². The molecule has 2 fully saturated rings. The highest BCUT2D eigenvalue weighted by atomic mass is 127. The van der Waals surface area contributed by atoms with Gasteiger partial charge in [0.05, 0.1) is 18.8 Å². The zero-order valence-corrected chi connectivity index (χ0v) is 17.7. The first kappa shape index (κ1) is 20.5. The third-order valence-electron chi connectivity index (χ3n) is 4.76. The van der Waals surface area contributed by atoms with E-state index in [0.717, 1.165) is 58.3 Å². The molecule has 0 bridgehead atoms. The molecule has 5 nitrogen and oxygen atoms in total. The van der Waals surface area contributed by atoms with Crippen molar-refractivity contribution in [1.82, 2.24) is 15.1 Å². The third kappa shape index (κ3) is 5.31. The average molecular weight is 458 g/mol. The van der Waals surface area contributed by atoms with Crippen LogP contribution in [0.1, 0.15) is 25.8 Å². The van der Waals surface area contributed by atoms with Crippen molar-refractivity contribution in [2.24, 2.45) is 4.99 Å². The van der Waals surface area contributed by atoms with Gasteiger partial charge in [-0.05, 0) is 18.9 Å². The van der Waals surface area contributed by atoms with Crippen molar-refractivity contribution in [2.75, 3.05) is 39.3 Å². The lowest BCUT2D eigenvalue weighted by molar-refractivity contribution is -0.0502. The Balaban J connectivity index is 0.00000225. The maximum absolute atomic E-state index is 6.07. The fraction of sp³-hybridized carbons (Fsp3) is 0.632. The minimum atomic E-state index is 0. The standard InChI is InChI=1S/C19H30N4O.HI/c1-3-10-21-19(20-4-2)23-14-17-18(15-23)24-12-11-22(17)13-16-8-6-5-7-9-16;/h5-9,17-18H,3-4,10-15H2,1-2H3,(H,20,21);1H. The van der Waals surface area contributed by atoms with Gasteiger partial charge in [-0.15, -0.1) is 24.0 Å². The molecule has 2 aliphatic rings. The Hall–Kier alpha value is -0.860. The predicted octanol–water partition coefficient (Wildman–Crippen LogP) is 2.57. The molecule has 0 radical (unpaired) electrons. The van der Waals surface area contributed by atoms with E-state index in [2.05, 4.69) is 59.3 Å². The molecule has 0 aromatic heterocycles. The summed E-state index contributed by atoms with van der Waals surface area (Å²) in [4.78, 5) is 9.69. The fourth-order valence-corrected chi connectivity index (χ4v) is 3.59. The van der Waals surface area contributed by atoms with Crippen molar-refractivity contribution in [3.63, 3.8) is 0 Å². The van der Waals surface area contributed by atoms with Gasteiger partial charge >= 0.3 is 0 Å². The summed E-state index contributed by atoms with van der Waals surface area (Å²) in [6, 6.07) is 11.2. The Labute approximate surface area is 168 Å². The molecule has 140 valence electrons. The van der Waals surface area contributed by atoms with Crippen LogP contribution in [0.25, 0.3) is 0 Å². The SMILES string of the molecule is CCCN=C(NCC)N1CC2OCCN(Cc3ccccc3)C2C1.I. The van der Waals surface area contributed by atoms with E-state index in [1.807, 2.05) is 0 Å². The van der Waals surface area contributed by atoms with E-state index >= 15 is 0 Å². The molecular weight excluding hydrogens is 427 g/mol. The minimum absolute atomic E-state index is 0. The molecule has 25 heavy (non-hydrogen) atoms. The first-order valence-electron chi connectivity index (χ1n) is 9.24. The molecule has 2 aliphatic heterocycles. The number of morpholine rings is 1. The van der Waals surface area contributed by atoms with Crippen LogP contribution < -0.4 is 5.32 Å². The van der Waals surface area contributed by atoms with E-state index in [-0.39, 0.29) is 30.1 Å². The second-order valence-corrected chi connectivity index (χ2v) is 6.57. The molecule has 2 saturated heterocycles. The molecule has 2 atom stereocenters. The molecule has 1 aromatic carbocycles. The number of rotatable bonds is 5. The van der Waals surface area contributed by atoms with Gasteiger partial charge in [-0.25, -0.2) is 0 Å². The van der Waals surface area contributed by atoms with E-state index in [9.17, 15) is 0 Å². The van der Waals surface area contributed by atoms with Gasteiger partial charge in [-0.1, -0.05) is 37.3 Å². The number of hydrogen-bond donors (Lipinski definition) is 1. The Kier molecular flexibility index (Phi) is 8.45. The van der Waals surface area contributed by atoms with Crippen molar-refractivity contribution in [1.29, 1.82) is 0 Å². The van der Waals surface area contributed by atoms with Gasteiger partial charge in [0.1, 0.15) is 0 Å². The first-order chi connectivity index (χ1) is 11.8. The van der Waals surface area contributed by atoms with E-state index in [4.69, 9.17) is 9.73 Å². The van der Waals surface area contributed by atoms with Crippen LogP contribution in [0.4, 0.5) is 0 Å². The second-order valence-electron chi connectivity index (χ2n) is 6.57. The fourth-order valence-electron chi connectivity index (χ4n) is 3.59. The summed E-state index contributed by atoms with van der Waals surface area (Å²) in [6.45, 7) is 10.8. The topological polar surface area (TPSA) is 40.1 Å². The molecule has 6 heteroatoms. The summed E-state index contributed by atoms with van der Waals surface area (Å²) in [5, 5.41) is 3.44. The number of ether oxygens (including phenoxy) is 1. The van der Waals surface area contributed by atoms with Crippen molar-refractivity contribution in [2.45, 2.75) is 39.0 Å². The summed E-state index contributed by atoms with van der Waals surface area (Å²) >= 11 is 0. The maximum Gasteiger partial charge on any atom is 0.194 e. The summed E-state index contributed by atoms with van der Waals surface area (Å²) in [6.07, 6.45) is 1.36. The smallest absolute Gasteiger partial charge is 0.194 e. The van der Waals surface area contributed by atoms with E-state index in [0.29, 0.717) is 6.04 Å². The number of guanidine groups is 1. The normalized spacial score (nSPS) is 23.9. The molecule has 0 amide bonds. The largest absolute Gasteiger partial charge is 0.373 e. The van der Waals surface area contributed by atoms with Gasteiger partial charge < -0.3 is 15.0 Å². The number of benzene rings is 1. The zero-order chi connectivity index (χ0) is 16.8. The van der Waals surface area contributed by atoms with Crippen LogP contribution in [-0.4, -0.2) is 67.2 Å². The summed E-state index contributed by atoms with van der Waals surface area (Å²) in [5.41, 5.74) is 1.38. The minimum Gasteiger partial charge on any atom is -0.373 e. The second kappa shape index (κ2) is 10.3. The van der Waals surface area contributed by atoms with Crippen LogP contribution in [0.15, 0.2) is 35.3 Å². The Bertz CT molecular complexity index is 539. The highest BCUT2D eigenvalue weighted by Gasteiger charge is 2.41. The Morgan fingerprint density at radius 1 is 1.24 bits per heavy atom. The number of likely N-dealkylation sites (tertiary alicyclic amines) is 1. The number of nitrogens with one attached hydrogen (secondary N) is 1. The Morgan fingerprint density at radius 2 is 2.04 bits per heavy atom. The average Bonchev–Trinajstić information content (AvgIpc) is 3.05. The van der Waals surface area contributed by atoms with Crippen molar-refractivity contribution in [3.05, 3.63) is 35.9 Å². The highest BCUT2D eigenvalue weighted by molar-refractivity contribution is 14.0. The summed E-state index contributed by atoms with van der Waals surface area (Å²) < 4.78 is 6.07. The lowest BCUT2D eigenvalue weighted by atomic mass is 10.1. The zero-order valence-electron chi connectivity index (χ0n) is 15.4. The maximum atomic E-state index is 6.07. The number of nitrogens with zero attached hydrogens (tertiary/aromatic N) is 3. The van der Waals surface area contributed by atoms with Crippen LogP contribution in [0.3, 0.4) is 0 Å². The number of fused-ring (bicyclic) bond motifs is 1. The van der Waals surface area contributed by atoms with Crippen LogP contribution in [0, 0.1) is 0 Å². The molecule has 0 aliphatic carbocycles. The van der Waals surface area contributed by atoms with Gasteiger partial charge in [-0.2, -0.15) is 0 Å². The van der Waals surface area contributed by atoms with Gasteiger partial charge in [0.25, 0.3) is 0 Å². The van der Waals surface area contributed by atoms with E-state index in [1.54, 1.807) is 0 Å². The number of hydrogen-bond acceptors (Lipinski definition) is 3. The number of halogens is 1. The molecule has 2 heterocycles. The molecule has 1 N–H and O–H groups in total. The lowest BCUT2D eigenvalue weighted by Crippen LogP contribution is -2.50. The molecule has 2 unspecified atom stereocenters. The molecule has 0 spiro atoms. The van der Waals surface area contributed by atoms with Gasteiger partial charge in [0.2, 0.25) is 0 Å². The van der Waals surface area contributed by atoms with Crippen LogP contribution in [0.2, 0.25) is 0 Å². The van der Waals surface area contributed by atoms with Gasteiger partial charge in [-0.3, -0.25) is 9.89 Å². The van der Waals surface area contributed by atoms with Crippen molar-refractivity contribution in [3.8, 4) is 0 Å².